The maximum atomic E-state index is 12.5. The summed E-state index contributed by atoms with van der Waals surface area (Å²) >= 11 is 6.13. The first kappa shape index (κ1) is 17.0. The highest BCUT2D eigenvalue weighted by atomic mass is 35.5. The minimum absolute atomic E-state index is 0.157. The van der Waals surface area contributed by atoms with Crippen LogP contribution in [0.3, 0.4) is 0 Å². The smallest absolute Gasteiger partial charge is 0.257 e. The highest BCUT2D eigenvalue weighted by Crippen LogP contribution is 2.31. The number of carbonyl (C=O) groups is 2. The van der Waals surface area contributed by atoms with Gasteiger partial charge in [-0.25, -0.2) is 0 Å². The number of rotatable bonds is 5. The molecule has 0 bridgehead atoms. The molecule has 0 radical (unpaired) electrons. The van der Waals surface area contributed by atoms with Crippen molar-refractivity contribution in [2.24, 2.45) is 5.92 Å². The SMILES string of the molecule is Cc1onc(-c2ccccc2Cl)c1C(=O)NC(C(=O)[O-])C(C)C. The first-order valence-electron chi connectivity index (χ1n) is 7.05. The average Bonchev–Trinajstić information content (AvgIpc) is 2.86. The Bertz CT molecular complexity index is 739. The Morgan fingerprint density at radius 2 is 1.96 bits per heavy atom. The number of nitrogens with zero attached hydrogens (tertiary/aromatic N) is 1. The summed E-state index contributed by atoms with van der Waals surface area (Å²) in [7, 11) is 0. The van der Waals surface area contributed by atoms with Crippen LogP contribution < -0.4 is 10.4 Å². The molecule has 2 aromatic rings. The summed E-state index contributed by atoms with van der Waals surface area (Å²) in [6.45, 7) is 4.93. The van der Waals surface area contributed by atoms with Crippen LogP contribution in [0.1, 0.15) is 30.0 Å². The third kappa shape index (κ3) is 3.53. The van der Waals surface area contributed by atoms with Crippen molar-refractivity contribution in [3.8, 4) is 11.3 Å². The molecule has 23 heavy (non-hydrogen) atoms. The number of carboxylic acids is 1. The van der Waals surface area contributed by atoms with Crippen molar-refractivity contribution < 1.29 is 19.2 Å². The molecule has 1 amide bonds. The topological polar surface area (TPSA) is 95.3 Å². The van der Waals surface area contributed by atoms with Gasteiger partial charge in [-0.15, -0.1) is 0 Å². The number of aromatic nitrogens is 1. The van der Waals surface area contributed by atoms with Crippen LogP contribution in [0.5, 0.6) is 0 Å². The van der Waals surface area contributed by atoms with Crippen molar-refractivity contribution in [1.82, 2.24) is 10.5 Å². The van der Waals surface area contributed by atoms with Crippen LogP contribution in [0.25, 0.3) is 11.3 Å². The molecule has 6 nitrogen and oxygen atoms in total. The van der Waals surface area contributed by atoms with Crippen LogP contribution in [0.2, 0.25) is 5.02 Å². The zero-order chi connectivity index (χ0) is 17.1. The van der Waals surface area contributed by atoms with E-state index in [4.69, 9.17) is 16.1 Å². The third-order valence-corrected chi connectivity index (χ3v) is 3.76. The molecule has 0 saturated heterocycles. The number of carbonyl (C=O) groups excluding carboxylic acids is 2. The molecule has 1 heterocycles. The number of hydrogen-bond donors (Lipinski definition) is 1. The molecule has 0 aliphatic carbocycles. The summed E-state index contributed by atoms with van der Waals surface area (Å²) in [5.41, 5.74) is 0.960. The van der Waals surface area contributed by atoms with Crippen LogP contribution in [0.15, 0.2) is 28.8 Å². The summed E-state index contributed by atoms with van der Waals surface area (Å²) in [5.74, 6) is -1.99. The van der Waals surface area contributed by atoms with Crippen LogP contribution in [0.4, 0.5) is 0 Å². The summed E-state index contributed by atoms with van der Waals surface area (Å²) in [6.07, 6.45) is 0. The molecular formula is C16H16ClN2O4-. The van der Waals surface area contributed by atoms with Gasteiger partial charge in [-0.2, -0.15) is 0 Å². The van der Waals surface area contributed by atoms with Crippen LogP contribution in [0, 0.1) is 12.8 Å². The Morgan fingerprint density at radius 3 is 2.52 bits per heavy atom. The third-order valence-electron chi connectivity index (χ3n) is 3.43. The maximum absolute atomic E-state index is 12.5. The quantitative estimate of drug-likeness (QED) is 0.899. The molecule has 0 aliphatic heterocycles. The molecule has 0 saturated carbocycles. The van der Waals surface area contributed by atoms with Gasteiger partial charge < -0.3 is 19.7 Å². The van der Waals surface area contributed by atoms with Crippen LogP contribution in [-0.2, 0) is 4.79 Å². The Hall–Kier alpha value is -2.34. The van der Waals surface area contributed by atoms with Crippen molar-refractivity contribution in [3.63, 3.8) is 0 Å². The van der Waals surface area contributed by atoms with E-state index in [0.29, 0.717) is 10.6 Å². The van der Waals surface area contributed by atoms with E-state index >= 15 is 0 Å². The fourth-order valence-corrected chi connectivity index (χ4v) is 2.41. The van der Waals surface area contributed by atoms with E-state index in [1.54, 1.807) is 45.0 Å². The zero-order valence-corrected chi connectivity index (χ0v) is 13.7. The van der Waals surface area contributed by atoms with Crippen molar-refractivity contribution in [2.45, 2.75) is 26.8 Å². The number of aryl methyl sites for hydroxylation is 1. The fourth-order valence-electron chi connectivity index (χ4n) is 2.19. The molecule has 122 valence electrons. The molecule has 7 heteroatoms. The highest BCUT2D eigenvalue weighted by Gasteiger charge is 2.26. The van der Waals surface area contributed by atoms with Gasteiger partial charge >= 0.3 is 0 Å². The molecule has 1 aromatic carbocycles. The maximum Gasteiger partial charge on any atom is 0.257 e. The van der Waals surface area contributed by atoms with Crippen LogP contribution >= 0.6 is 11.6 Å². The highest BCUT2D eigenvalue weighted by molar-refractivity contribution is 6.33. The molecular weight excluding hydrogens is 320 g/mol. The minimum Gasteiger partial charge on any atom is -0.548 e. The van der Waals surface area contributed by atoms with E-state index in [-0.39, 0.29) is 22.9 Å². The predicted molar refractivity (Wildman–Crippen MR) is 82.8 cm³/mol. The number of nitrogens with one attached hydrogen (secondary N) is 1. The van der Waals surface area contributed by atoms with Gasteiger partial charge in [0, 0.05) is 5.56 Å². The van der Waals surface area contributed by atoms with Crippen molar-refractivity contribution >= 4 is 23.5 Å². The van der Waals surface area contributed by atoms with Gasteiger partial charge in [-0.05, 0) is 18.9 Å². The van der Waals surface area contributed by atoms with Gasteiger partial charge in [0.15, 0.2) is 0 Å². The summed E-state index contributed by atoms with van der Waals surface area (Å²) in [4.78, 5) is 23.7. The lowest BCUT2D eigenvalue weighted by Gasteiger charge is -2.23. The lowest BCUT2D eigenvalue weighted by atomic mass is 10.0. The Labute approximate surface area is 138 Å². The average molecular weight is 336 g/mol. The molecule has 1 aromatic heterocycles. The number of amides is 1. The molecule has 0 aliphatic rings. The summed E-state index contributed by atoms with van der Waals surface area (Å²) in [6, 6.07) is 5.76. The van der Waals surface area contributed by atoms with Gasteiger partial charge in [0.05, 0.1) is 17.0 Å². The Kier molecular flexibility index (Phi) is 5.05. The number of halogens is 1. The van der Waals surface area contributed by atoms with E-state index < -0.39 is 17.9 Å². The van der Waals surface area contributed by atoms with Gasteiger partial charge in [0.2, 0.25) is 0 Å². The molecule has 1 unspecified atom stereocenters. The van der Waals surface area contributed by atoms with E-state index in [0.717, 1.165) is 0 Å². The first-order valence-corrected chi connectivity index (χ1v) is 7.43. The molecule has 1 N–H and O–H groups in total. The summed E-state index contributed by atoms with van der Waals surface area (Å²) < 4.78 is 5.10. The van der Waals surface area contributed by atoms with Crippen molar-refractivity contribution in [1.29, 1.82) is 0 Å². The number of benzene rings is 1. The fraction of sp³-hybridized carbons (Fsp3) is 0.312. The van der Waals surface area contributed by atoms with E-state index in [1.807, 2.05) is 0 Å². The summed E-state index contributed by atoms with van der Waals surface area (Å²) in [5, 5.41) is 17.9. The van der Waals surface area contributed by atoms with Gasteiger partial charge in [0.1, 0.15) is 17.0 Å². The minimum atomic E-state index is -1.35. The number of aliphatic carboxylic acids is 1. The van der Waals surface area contributed by atoms with Gasteiger partial charge in [-0.3, -0.25) is 4.79 Å². The second-order valence-electron chi connectivity index (χ2n) is 5.46. The zero-order valence-electron chi connectivity index (χ0n) is 12.9. The van der Waals surface area contributed by atoms with Crippen molar-refractivity contribution in [3.05, 3.63) is 40.6 Å². The number of hydrogen-bond acceptors (Lipinski definition) is 5. The molecule has 0 fully saturated rings. The standard InChI is InChI=1S/C16H17ClN2O4/c1-8(2)13(16(21)22)18-15(20)12-9(3)23-19-14(12)10-6-4-5-7-11(10)17/h4-8,13H,1-3H3,(H,18,20)(H,21,22)/p-1. The van der Waals surface area contributed by atoms with E-state index in [2.05, 4.69) is 10.5 Å². The monoisotopic (exact) mass is 335 g/mol. The molecule has 1 atom stereocenters. The predicted octanol–water partition coefficient (Wildman–Crippen LogP) is 1.81. The lowest BCUT2D eigenvalue weighted by molar-refractivity contribution is -0.309. The van der Waals surface area contributed by atoms with E-state index in [9.17, 15) is 14.7 Å². The van der Waals surface area contributed by atoms with Crippen LogP contribution in [-0.4, -0.2) is 23.1 Å². The second-order valence-corrected chi connectivity index (χ2v) is 5.86. The van der Waals surface area contributed by atoms with E-state index in [1.165, 1.54) is 0 Å². The first-order chi connectivity index (χ1) is 10.8. The largest absolute Gasteiger partial charge is 0.548 e. The second kappa shape index (κ2) is 6.83. The van der Waals surface area contributed by atoms with Gasteiger partial charge in [0.25, 0.3) is 5.91 Å². The Balaban J connectivity index is 2.41. The van der Waals surface area contributed by atoms with Crippen molar-refractivity contribution in [2.75, 3.05) is 0 Å². The normalized spacial score (nSPS) is 12.2. The molecule has 2 rings (SSSR count). The number of carboxylic acid groups (broad SMARTS) is 1. The van der Waals surface area contributed by atoms with Gasteiger partial charge in [-0.1, -0.05) is 48.8 Å². The molecule has 0 spiro atoms. The Morgan fingerprint density at radius 1 is 1.30 bits per heavy atom. The lowest BCUT2D eigenvalue weighted by Crippen LogP contribution is -2.50.